The summed E-state index contributed by atoms with van der Waals surface area (Å²) in [4.78, 5) is 9.91. The number of alkyl halides is 1. The van der Waals surface area contributed by atoms with Crippen LogP contribution in [0.5, 0.6) is 0 Å². The molecule has 0 aromatic heterocycles. The van der Waals surface area contributed by atoms with Crippen LogP contribution >= 0.6 is 15.9 Å². The number of hydrogen-bond acceptors (Lipinski definition) is 2. The molecule has 0 atom stereocenters. The minimum atomic E-state index is -0.241. The Morgan fingerprint density at radius 2 is 1.31 bits per heavy atom. The fourth-order valence-corrected chi connectivity index (χ4v) is 4.27. The van der Waals surface area contributed by atoms with Gasteiger partial charge in [0.25, 0.3) is 0 Å². The highest BCUT2D eigenvalue weighted by Crippen LogP contribution is 2.53. The van der Waals surface area contributed by atoms with Crippen molar-refractivity contribution in [3.05, 3.63) is 0 Å². The third-order valence-corrected chi connectivity index (χ3v) is 4.79. The molecule has 0 saturated heterocycles. The Hall–Kier alpha value is -0.0500. The molecule has 0 aliphatic heterocycles. The van der Waals surface area contributed by atoms with Crippen molar-refractivity contribution in [2.45, 2.75) is 38.5 Å². The molecule has 16 heavy (non-hydrogen) atoms. The standard InChI is InChI=1S/C10H16.C3H5BrO2/c1-7-2-9-4-8(1)5-10(3-7)6-9;1-6-3(5)2-4/h7-10H,1-6H2;2H2,1H3. The molecule has 4 bridgehead atoms. The summed E-state index contributed by atoms with van der Waals surface area (Å²) in [5, 5.41) is 0.281. The molecule has 3 heteroatoms. The SMILES string of the molecule is C1C2CC3CC1CC(C2)C3.COC(=O)CBr. The monoisotopic (exact) mass is 288 g/mol. The lowest BCUT2D eigenvalue weighted by molar-refractivity contribution is -0.137. The smallest absolute Gasteiger partial charge is 0.316 e. The Bertz CT molecular complexity index is 190. The first-order valence-corrected chi connectivity index (χ1v) is 7.46. The van der Waals surface area contributed by atoms with Crippen LogP contribution in [0.4, 0.5) is 0 Å². The third kappa shape index (κ3) is 2.99. The van der Waals surface area contributed by atoms with Crippen LogP contribution in [0, 0.1) is 23.7 Å². The second kappa shape index (κ2) is 5.52. The molecule has 4 fully saturated rings. The number of halogens is 1. The van der Waals surface area contributed by atoms with E-state index in [1.165, 1.54) is 30.8 Å². The van der Waals surface area contributed by atoms with Crippen LogP contribution in [0.3, 0.4) is 0 Å². The zero-order valence-corrected chi connectivity index (χ0v) is 11.5. The van der Waals surface area contributed by atoms with E-state index in [0.29, 0.717) is 0 Å². The fraction of sp³-hybridized carbons (Fsp3) is 0.923. The van der Waals surface area contributed by atoms with Crippen molar-refractivity contribution in [2.24, 2.45) is 23.7 Å². The second-order valence-corrected chi connectivity index (χ2v) is 6.15. The average molecular weight is 289 g/mol. The molecule has 2 nitrogen and oxygen atoms in total. The normalized spacial score (nSPS) is 38.9. The molecular formula is C13H21BrO2. The first kappa shape index (κ1) is 12.4. The minimum Gasteiger partial charge on any atom is -0.468 e. The van der Waals surface area contributed by atoms with Crippen LogP contribution in [-0.4, -0.2) is 18.4 Å². The lowest BCUT2D eigenvalue weighted by Crippen LogP contribution is -2.38. The first-order chi connectivity index (χ1) is 7.71. The van der Waals surface area contributed by atoms with E-state index in [9.17, 15) is 4.79 Å². The molecule has 4 aliphatic carbocycles. The molecule has 4 saturated carbocycles. The van der Waals surface area contributed by atoms with E-state index in [0.717, 1.165) is 0 Å². The van der Waals surface area contributed by atoms with E-state index < -0.39 is 0 Å². The Morgan fingerprint density at radius 3 is 1.44 bits per heavy atom. The van der Waals surface area contributed by atoms with Crippen molar-refractivity contribution >= 4 is 21.9 Å². The summed E-state index contributed by atoms with van der Waals surface area (Å²) in [6, 6.07) is 0. The molecule has 0 spiro atoms. The lowest BCUT2D eigenvalue weighted by Gasteiger charge is -2.49. The van der Waals surface area contributed by atoms with Crippen molar-refractivity contribution in [3.63, 3.8) is 0 Å². The molecular weight excluding hydrogens is 268 g/mol. The molecule has 0 aromatic carbocycles. The van der Waals surface area contributed by atoms with Gasteiger partial charge in [-0.3, -0.25) is 4.79 Å². The molecule has 4 rings (SSSR count). The Kier molecular flexibility index (Phi) is 4.28. The van der Waals surface area contributed by atoms with Crippen molar-refractivity contribution in [1.29, 1.82) is 0 Å². The quantitative estimate of drug-likeness (QED) is 0.546. The summed E-state index contributed by atoms with van der Waals surface area (Å²) >= 11 is 2.90. The molecule has 0 amide bonds. The number of methoxy groups -OCH3 is 1. The Labute approximate surface area is 106 Å². The van der Waals surface area contributed by atoms with Gasteiger partial charge in [0.2, 0.25) is 0 Å². The van der Waals surface area contributed by atoms with Crippen LogP contribution in [0.25, 0.3) is 0 Å². The predicted octanol–water partition coefficient (Wildman–Crippen LogP) is 3.39. The van der Waals surface area contributed by atoms with Gasteiger partial charge in [-0.15, -0.1) is 0 Å². The van der Waals surface area contributed by atoms with E-state index in [2.05, 4.69) is 20.7 Å². The van der Waals surface area contributed by atoms with Crippen LogP contribution in [0.2, 0.25) is 0 Å². The number of rotatable bonds is 1. The zero-order chi connectivity index (χ0) is 11.5. The summed E-state index contributed by atoms with van der Waals surface area (Å²) in [6.07, 6.45) is 9.62. The van der Waals surface area contributed by atoms with Gasteiger partial charge in [0.1, 0.15) is 5.33 Å². The Morgan fingerprint density at radius 1 is 1.00 bits per heavy atom. The first-order valence-electron chi connectivity index (χ1n) is 6.34. The third-order valence-electron chi connectivity index (χ3n) is 4.34. The number of ether oxygens (including phenoxy) is 1. The maximum absolute atomic E-state index is 9.91. The molecule has 0 radical (unpaired) electrons. The van der Waals surface area contributed by atoms with Crippen LogP contribution in [0.1, 0.15) is 38.5 Å². The lowest BCUT2D eigenvalue weighted by atomic mass is 9.56. The minimum absolute atomic E-state index is 0.241. The highest BCUT2D eigenvalue weighted by molar-refractivity contribution is 9.09. The van der Waals surface area contributed by atoms with Gasteiger partial charge in [-0.05, 0) is 62.2 Å². The van der Waals surface area contributed by atoms with Crippen LogP contribution in [-0.2, 0) is 9.53 Å². The van der Waals surface area contributed by atoms with Gasteiger partial charge in [0.05, 0.1) is 7.11 Å². The van der Waals surface area contributed by atoms with Gasteiger partial charge in [-0.2, -0.15) is 0 Å². The van der Waals surface area contributed by atoms with E-state index in [1.807, 2.05) is 0 Å². The highest BCUT2D eigenvalue weighted by atomic mass is 79.9. The summed E-state index contributed by atoms with van der Waals surface area (Å²) in [5.41, 5.74) is 0. The molecule has 0 aromatic rings. The Balaban J connectivity index is 0.000000142. The zero-order valence-electron chi connectivity index (χ0n) is 9.95. The molecule has 0 unspecified atom stereocenters. The van der Waals surface area contributed by atoms with E-state index in [1.54, 1.807) is 38.5 Å². The van der Waals surface area contributed by atoms with Crippen molar-refractivity contribution in [3.8, 4) is 0 Å². The van der Waals surface area contributed by atoms with Crippen molar-refractivity contribution < 1.29 is 9.53 Å². The molecule has 4 aliphatic rings. The van der Waals surface area contributed by atoms with Gasteiger partial charge in [0.15, 0.2) is 0 Å². The van der Waals surface area contributed by atoms with Crippen molar-refractivity contribution in [2.75, 3.05) is 12.4 Å². The maximum atomic E-state index is 9.91. The summed E-state index contributed by atoms with van der Waals surface area (Å²) in [6.45, 7) is 0. The second-order valence-electron chi connectivity index (χ2n) is 5.59. The maximum Gasteiger partial charge on any atom is 0.316 e. The molecule has 0 heterocycles. The van der Waals surface area contributed by atoms with Crippen LogP contribution < -0.4 is 0 Å². The summed E-state index contributed by atoms with van der Waals surface area (Å²) in [7, 11) is 1.35. The molecule has 92 valence electrons. The topological polar surface area (TPSA) is 26.3 Å². The van der Waals surface area contributed by atoms with Gasteiger partial charge < -0.3 is 4.74 Å². The van der Waals surface area contributed by atoms with Crippen molar-refractivity contribution in [1.82, 2.24) is 0 Å². The van der Waals surface area contributed by atoms with Gasteiger partial charge in [-0.1, -0.05) is 15.9 Å². The number of esters is 1. The van der Waals surface area contributed by atoms with Crippen LogP contribution in [0.15, 0.2) is 0 Å². The van der Waals surface area contributed by atoms with Gasteiger partial charge in [0, 0.05) is 0 Å². The fourth-order valence-electron chi connectivity index (χ4n) is 4.04. The van der Waals surface area contributed by atoms with Gasteiger partial charge >= 0.3 is 5.97 Å². The summed E-state index contributed by atoms with van der Waals surface area (Å²) < 4.78 is 4.21. The average Bonchev–Trinajstić information content (AvgIpc) is 2.27. The number of carbonyl (C=O) groups excluding carboxylic acids is 1. The number of hydrogen-bond donors (Lipinski definition) is 0. The highest BCUT2D eigenvalue weighted by Gasteiger charge is 2.41. The molecule has 0 N–H and O–H groups in total. The van der Waals surface area contributed by atoms with E-state index >= 15 is 0 Å². The van der Waals surface area contributed by atoms with E-state index in [4.69, 9.17) is 0 Å². The predicted molar refractivity (Wildman–Crippen MR) is 67.5 cm³/mol. The largest absolute Gasteiger partial charge is 0.468 e. The van der Waals surface area contributed by atoms with Gasteiger partial charge in [-0.25, -0.2) is 0 Å². The summed E-state index contributed by atoms with van der Waals surface area (Å²) in [5.74, 6) is 4.47. The van der Waals surface area contributed by atoms with E-state index in [-0.39, 0.29) is 11.3 Å². The number of carbonyl (C=O) groups is 1.